The molecule has 0 amide bonds. The average Bonchev–Trinajstić information content (AvgIpc) is 2.20. The molecule has 0 aromatic heterocycles. The van der Waals surface area contributed by atoms with E-state index < -0.39 is 0 Å². The van der Waals surface area contributed by atoms with Crippen molar-refractivity contribution in [1.82, 2.24) is 5.32 Å². The van der Waals surface area contributed by atoms with E-state index in [1.807, 2.05) is 13.0 Å². The average molecular weight is 207 g/mol. The predicted molar refractivity (Wildman–Crippen MR) is 60.5 cm³/mol. The van der Waals surface area contributed by atoms with Crippen LogP contribution in [0, 0.1) is 18.7 Å². The van der Waals surface area contributed by atoms with E-state index in [0.29, 0.717) is 11.8 Å². The highest BCUT2D eigenvalue weighted by Crippen LogP contribution is 2.32. The molecule has 2 rings (SSSR count). The number of hydrogen-bond acceptors (Lipinski definition) is 1. The number of rotatable bonds is 1. The summed E-state index contributed by atoms with van der Waals surface area (Å²) in [7, 11) is 0. The largest absolute Gasteiger partial charge is 0.316 e. The maximum absolute atomic E-state index is 13.0. The molecule has 1 saturated heterocycles. The van der Waals surface area contributed by atoms with Gasteiger partial charge in [-0.05, 0) is 61.5 Å². The highest BCUT2D eigenvalue weighted by molar-refractivity contribution is 5.30. The maximum Gasteiger partial charge on any atom is 0.123 e. The molecule has 1 aromatic rings. The molecule has 0 bridgehead atoms. The van der Waals surface area contributed by atoms with E-state index in [0.717, 1.165) is 25.1 Å². The SMILES string of the molecule is Cc1cc(F)ccc1C1CCNCC1C. The molecule has 1 nitrogen and oxygen atoms in total. The first-order valence-electron chi connectivity index (χ1n) is 5.65. The molecule has 1 aromatic carbocycles. The molecule has 0 radical (unpaired) electrons. The molecule has 0 spiro atoms. The molecule has 2 atom stereocenters. The van der Waals surface area contributed by atoms with Crippen LogP contribution in [0.2, 0.25) is 0 Å². The monoisotopic (exact) mass is 207 g/mol. The Morgan fingerprint density at radius 1 is 1.40 bits per heavy atom. The molecule has 1 aliphatic heterocycles. The van der Waals surface area contributed by atoms with E-state index in [9.17, 15) is 4.39 Å². The molecule has 0 aliphatic carbocycles. The summed E-state index contributed by atoms with van der Waals surface area (Å²) in [6, 6.07) is 5.18. The van der Waals surface area contributed by atoms with E-state index in [1.165, 1.54) is 5.56 Å². The lowest BCUT2D eigenvalue weighted by molar-refractivity contribution is 0.348. The van der Waals surface area contributed by atoms with Crippen molar-refractivity contribution in [2.45, 2.75) is 26.2 Å². The van der Waals surface area contributed by atoms with Crippen molar-refractivity contribution in [3.8, 4) is 0 Å². The Bertz CT molecular complexity index is 348. The lowest BCUT2D eigenvalue weighted by atomic mass is 9.80. The van der Waals surface area contributed by atoms with E-state index in [4.69, 9.17) is 0 Å². The normalized spacial score (nSPS) is 26.6. The van der Waals surface area contributed by atoms with Gasteiger partial charge >= 0.3 is 0 Å². The third-order valence-electron chi connectivity index (χ3n) is 3.42. The summed E-state index contributed by atoms with van der Waals surface area (Å²) in [5, 5.41) is 3.39. The van der Waals surface area contributed by atoms with Crippen molar-refractivity contribution in [2.24, 2.45) is 5.92 Å². The van der Waals surface area contributed by atoms with Crippen LogP contribution in [-0.2, 0) is 0 Å². The molecule has 0 saturated carbocycles. The van der Waals surface area contributed by atoms with Gasteiger partial charge in [0.15, 0.2) is 0 Å². The van der Waals surface area contributed by atoms with Crippen LogP contribution in [0.15, 0.2) is 18.2 Å². The Morgan fingerprint density at radius 3 is 2.87 bits per heavy atom. The first kappa shape index (κ1) is 10.6. The van der Waals surface area contributed by atoms with Gasteiger partial charge in [0.05, 0.1) is 0 Å². The molecule has 1 aliphatic rings. The summed E-state index contributed by atoms with van der Waals surface area (Å²) >= 11 is 0. The molecule has 2 unspecified atom stereocenters. The zero-order valence-corrected chi connectivity index (χ0v) is 9.39. The fourth-order valence-electron chi connectivity index (χ4n) is 2.53. The van der Waals surface area contributed by atoms with Crippen LogP contribution in [0.1, 0.15) is 30.4 Å². The highest BCUT2D eigenvalue weighted by atomic mass is 19.1. The van der Waals surface area contributed by atoms with E-state index in [-0.39, 0.29) is 5.82 Å². The van der Waals surface area contributed by atoms with Crippen molar-refractivity contribution in [3.05, 3.63) is 35.1 Å². The van der Waals surface area contributed by atoms with Crippen LogP contribution < -0.4 is 5.32 Å². The van der Waals surface area contributed by atoms with Crippen molar-refractivity contribution >= 4 is 0 Å². The number of nitrogens with one attached hydrogen (secondary N) is 1. The summed E-state index contributed by atoms with van der Waals surface area (Å²) in [5.74, 6) is 1.10. The summed E-state index contributed by atoms with van der Waals surface area (Å²) in [5.41, 5.74) is 2.42. The van der Waals surface area contributed by atoms with Gasteiger partial charge in [-0.1, -0.05) is 13.0 Å². The van der Waals surface area contributed by atoms with Crippen LogP contribution in [-0.4, -0.2) is 13.1 Å². The number of hydrogen-bond donors (Lipinski definition) is 1. The molecule has 15 heavy (non-hydrogen) atoms. The van der Waals surface area contributed by atoms with Crippen LogP contribution in [0.25, 0.3) is 0 Å². The molecule has 1 heterocycles. The molecular formula is C13H18FN. The van der Waals surface area contributed by atoms with Gasteiger partial charge in [-0.15, -0.1) is 0 Å². The number of aryl methyl sites for hydroxylation is 1. The summed E-state index contributed by atoms with van der Waals surface area (Å²) in [6.45, 7) is 6.42. The number of halogens is 1. The van der Waals surface area contributed by atoms with Gasteiger partial charge in [-0.3, -0.25) is 0 Å². The van der Waals surface area contributed by atoms with Crippen molar-refractivity contribution in [2.75, 3.05) is 13.1 Å². The predicted octanol–water partition coefficient (Wildman–Crippen LogP) is 2.85. The first-order chi connectivity index (χ1) is 7.18. The Labute approximate surface area is 90.7 Å². The second-order valence-corrected chi connectivity index (χ2v) is 4.58. The van der Waals surface area contributed by atoms with Crippen molar-refractivity contribution in [3.63, 3.8) is 0 Å². The minimum Gasteiger partial charge on any atom is -0.316 e. The zero-order chi connectivity index (χ0) is 10.8. The van der Waals surface area contributed by atoms with E-state index in [1.54, 1.807) is 12.1 Å². The van der Waals surface area contributed by atoms with Gasteiger partial charge in [0, 0.05) is 0 Å². The Morgan fingerprint density at radius 2 is 2.20 bits per heavy atom. The van der Waals surface area contributed by atoms with E-state index >= 15 is 0 Å². The molecule has 1 N–H and O–H groups in total. The second-order valence-electron chi connectivity index (χ2n) is 4.58. The molecule has 1 fully saturated rings. The smallest absolute Gasteiger partial charge is 0.123 e. The molecule has 82 valence electrons. The van der Waals surface area contributed by atoms with Crippen LogP contribution in [0.3, 0.4) is 0 Å². The Balaban J connectivity index is 2.27. The quantitative estimate of drug-likeness (QED) is 0.746. The lowest BCUT2D eigenvalue weighted by Gasteiger charge is -2.30. The second kappa shape index (κ2) is 4.31. The number of benzene rings is 1. The Kier molecular flexibility index (Phi) is 3.06. The highest BCUT2D eigenvalue weighted by Gasteiger charge is 2.23. The molecular weight excluding hydrogens is 189 g/mol. The summed E-state index contributed by atoms with van der Waals surface area (Å²) in [6.07, 6.45) is 1.16. The minimum absolute atomic E-state index is 0.127. The van der Waals surface area contributed by atoms with Gasteiger partial charge < -0.3 is 5.32 Å². The minimum atomic E-state index is -0.127. The fraction of sp³-hybridized carbons (Fsp3) is 0.538. The van der Waals surface area contributed by atoms with Crippen LogP contribution >= 0.6 is 0 Å². The summed E-state index contributed by atoms with van der Waals surface area (Å²) in [4.78, 5) is 0. The van der Waals surface area contributed by atoms with Crippen molar-refractivity contribution < 1.29 is 4.39 Å². The van der Waals surface area contributed by atoms with Gasteiger partial charge in [-0.25, -0.2) is 4.39 Å². The third-order valence-corrected chi connectivity index (χ3v) is 3.42. The van der Waals surface area contributed by atoms with Gasteiger partial charge in [-0.2, -0.15) is 0 Å². The lowest BCUT2D eigenvalue weighted by Crippen LogP contribution is -2.34. The fourth-order valence-corrected chi connectivity index (χ4v) is 2.53. The topological polar surface area (TPSA) is 12.0 Å². The van der Waals surface area contributed by atoms with Gasteiger partial charge in [0.25, 0.3) is 0 Å². The van der Waals surface area contributed by atoms with Crippen molar-refractivity contribution in [1.29, 1.82) is 0 Å². The summed E-state index contributed by atoms with van der Waals surface area (Å²) < 4.78 is 13.0. The zero-order valence-electron chi connectivity index (χ0n) is 9.39. The first-order valence-corrected chi connectivity index (χ1v) is 5.65. The van der Waals surface area contributed by atoms with E-state index in [2.05, 4.69) is 12.2 Å². The third kappa shape index (κ3) is 2.20. The molecule has 2 heteroatoms. The van der Waals surface area contributed by atoms with Gasteiger partial charge in [0.2, 0.25) is 0 Å². The van der Waals surface area contributed by atoms with Crippen LogP contribution in [0.4, 0.5) is 4.39 Å². The Hall–Kier alpha value is -0.890. The maximum atomic E-state index is 13.0. The van der Waals surface area contributed by atoms with Gasteiger partial charge in [0.1, 0.15) is 5.82 Å². The number of piperidine rings is 1. The standard InChI is InChI=1S/C13H18FN/c1-9-7-11(14)3-4-12(9)13-5-6-15-8-10(13)2/h3-4,7,10,13,15H,5-6,8H2,1-2H3. The van der Waals surface area contributed by atoms with Crippen LogP contribution in [0.5, 0.6) is 0 Å².